The molecule has 0 saturated carbocycles. The molecule has 4 rings (SSSR count). The summed E-state index contributed by atoms with van der Waals surface area (Å²) in [5, 5.41) is 3.05. The quantitative estimate of drug-likeness (QED) is 0.789. The van der Waals surface area contributed by atoms with Gasteiger partial charge in [0.05, 0.1) is 0 Å². The van der Waals surface area contributed by atoms with Crippen molar-refractivity contribution in [3.8, 4) is 0 Å². The number of benzene rings is 2. The van der Waals surface area contributed by atoms with E-state index in [0.29, 0.717) is 19.6 Å². The second kappa shape index (κ2) is 9.00. The van der Waals surface area contributed by atoms with Crippen LogP contribution in [0.15, 0.2) is 42.5 Å². The monoisotopic (exact) mass is 420 g/mol. The smallest absolute Gasteiger partial charge is 0.321 e. The van der Waals surface area contributed by atoms with Crippen molar-refractivity contribution in [2.75, 3.05) is 31.5 Å². The van der Waals surface area contributed by atoms with Gasteiger partial charge in [-0.25, -0.2) is 9.59 Å². The van der Waals surface area contributed by atoms with Gasteiger partial charge in [-0.2, -0.15) is 0 Å². The van der Waals surface area contributed by atoms with Gasteiger partial charge in [-0.3, -0.25) is 0 Å². The second-order valence-electron chi connectivity index (χ2n) is 8.85. The van der Waals surface area contributed by atoms with Gasteiger partial charge in [0, 0.05) is 44.5 Å². The lowest BCUT2D eigenvalue weighted by molar-refractivity contribution is 0.139. The fourth-order valence-corrected chi connectivity index (χ4v) is 4.56. The highest BCUT2D eigenvalue weighted by Crippen LogP contribution is 2.24. The minimum absolute atomic E-state index is 0.0547. The molecule has 0 radical (unpaired) electrons. The number of likely N-dealkylation sites (tertiary alicyclic amines) is 1. The zero-order valence-electron chi connectivity index (χ0n) is 18.7. The lowest BCUT2D eigenvalue weighted by Crippen LogP contribution is -2.49. The van der Waals surface area contributed by atoms with Gasteiger partial charge in [-0.15, -0.1) is 0 Å². The largest absolute Gasteiger partial charge is 0.324 e. The van der Waals surface area contributed by atoms with Crippen molar-refractivity contribution in [2.24, 2.45) is 0 Å². The Labute approximate surface area is 184 Å². The summed E-state index contributed by atoms with van der Waals surface area (Å²) in [7, 11) is 0. The van der Waals surface area contributed by atoms with E-state index in [4.69, 9.17) is 0 Å². The highest BCUT2D eigenvalue weighted by atomic mass is 16.2. The Kier molecular flexibility index (Phi) is 6.16. The molecule has 0 aliphatic carbocycles. The van der Waals surface area contributed by atoms with Crippen LogP contribution in [0.4, 0.5) is 15.3 Å². The molecule has 2 saturated heterocycles. The van der Waals surface area contributed by atoms with Crippen LogP contribution in [0.25, 0.3) is 0 Å². The van der Waals surface area contributed by atoms with Crippen molar-refractivity contribution in [1.29, 1.82) is 0 Å². The Morgan fingerprint density at radius 2 is 1.71 bits per heavy atom. The lowest BCUT2D eigenvalue weighted by Gasteiger charge is -2.36. The number of urea groups is 2. The molecule has 2 heterocycles. The number of nitrogens with one attached hydrogen (secondary N) is 1. The van der Waals surface area contributed by atoms with Crippen LogP contribution in [0.2, 0.25) is 0 Å². The first-order chi connectivity index (χ1) is 14.9. The van der Waals surface area contributed by atoms with E-state index in [-0.39, 0.29) is 18.1 Å². The van der Waals surface area contributed by atoms with Crippen molar-refractivity contribution in [3.05, 3.63) is 64.7 Å². The summed E-state index contributed by atoms with van der Waals surface area (Å²) < 4.78 is 0. The SMILES string of the molecule is Cc1cccc(CN2CCN(C3CCN(C(=O)Nc4cc(C)ccc4C)CC3)C2=O)c1. The molecule has 0 spiro atoms. The van der Waals surface area contributed by atoms with E-state index < -0.39 is 0 Å². The van der Waals surface area contributed by atoms with Crippen LogP contribution in [0.1, 0.15) is 35.1 Å². The number of nitrogens with zero attached hydrogens (tertiary/aromatic N) is 3. The first kappa shape index (κ1) is 21.2. The Morgan fingerprint density at radius 1 is 0.968 bits per heavy atom. The molecular weight excluding hydrogens is 388 g/mol. The van der Waals surface area contributed by atoms with Crippen LogP contribution in [-0.4, -0.2) is 59.0 Å². The van der Waals surface area contributed by atoms with E-state index in [1.807, 2.05) is 52.8 Å². The van der Waals surface area contributed by atoms with Crippen molar-refractivity contribution in [3.63, 3.8) is 0 Å². The number of piperidine rings is 1. The Bertz CT molecular complexity index is 966. The van der Waals surface area contributed by atoms with Gasteiger partial charge in [0.25, 0.3) is 0 Å². The van der Waals surface area contributed by atoms with Crippen LogP contribution in [0.3, 0.4) is 0 Å². The molecule has 2 aliphatic heterocycles. The Hall–Kier alpha value is -3.02. The van der Waals surface area contributed by atoms with Crippen molar-refractivity contribution in [1.82, 2.24) is 14.7 Å². The van der Waals surface area contributed by atoms with E-state index in [1.165, 1.54) is 11.1 Å². The zero-order valence-corrected chi connectivity index (χ0v) is 18.7. The third-order valence-corrected chi connectivity index (χ3v) is 6.41. The molecule has 164 valence electrons. The van der Waals surface area contributed by atoms with E-state index >= 15 is 0 Å². The summed E-state index contributed by atoms with van der Waals surface area (Å²) in [6, 6.07) is 14.7. The fourth-order valence-electron chi connectivity index (χ4n) is 4.56. The summed E-state index contributed by atoms with van der Waals surface area (Å²) >= 11 is 0. The minimum atomic E-state index is -0.0547. The number of rotatable bonds is 4. The van der Waals surface area contributed by atoms with Crippen molar-refractivity contribution < 1.29 is 9.59 Å². The number of aryl methyl sites for hydroxylation is 3. The molecule has 1 N–H and O–H groups in total. The predicted octanol–water partition coefficient (Wildman–Crippen LogP) is 4.55. The minimum Gasteiger partial charge on any atom is -0.324 e. The Morgan fingerprint density at radius 3 is 2.45 bits per heavy atom. The molecular formula is C25H32N4O2. The summed E-state index contributed by atoms with van der Waals surface area (Å²) in [5.74, 6) is 0. The van der Waals surface area contributed by atoms with Gasteiger partial charge in [-0.1, -0.05) is 42.0 Å². The fraction of sp³-hybridized carbons (Fsp3) is 0.440. The van der Waals surface area contributed by atoms with Crippen LogP contribution in [0, 0.1) is 20.8 Å². The average molecular weight is 421 g/mol. The van der Waals surface area contributed by atoms with Crippen molar-refractivity contribution >= 4 is 17.7 Å². The molecule has 2 aliphatic rings. The maximum absolute atomic E-state index is 13.0. The number of anilines is 1. The van der Waals surface area contributed by atoms with Crippen LogP contribution in [-0.2, 0) is 6.54 Å². The standard InChI is InChI=1S/C25H32N4O2/c1-18-5-4-6-21(15-18)17-28-13-14-29(25(28)31)22-9-11-27(12-10-22)24(30)26-23-16-19(2)7-8-20(23)3/h4-8,15-16,22H,9-14,17H2,1-3H3,(H,26,30). The molecule has 0 bridgehead atoms. The van der Waals surface area contributed by atoms with E-state index in [9.17, 15) is 9.59 Å². The van der Waals surface area contributed by atoms with Gasteiger partial charge in [0.2, 0.25) is 0 Å². The van der Waals surface area contributed by atoms with Crippen LogP contribution >= 0.6 is 0 Å². The molecule has 0 atom stereocenters. The van der Waals surface area contributed by atoms with Gasteiger partial charge in [-0.05, 0) is 56.4 Å². The van der Waals surface area contributed by atoms with E-state index in [1.54, 1.807) is 0 Å². The highest BCUT2D eigenvalue weighted by molar-refractivity contribution is 5.90. The number of hydrogen-bond donors (Lipinski definition) is 1. The highest BCUT2D eigenvalue weighted by Gasteiger charge is 2.36. The third-order valence-electron chi connectivity index (χ3n) is 6.41. The first-order valence-corrected chi connectivity index (χ1v) is 11.1. The summed E-state index contributed by atoms with van der Waals surface area (Å²) in [6.45, 7) is 9.63. The van der Waals surface area contributed by atoms with Gasteiger partial charge in [0.1, 0.15) is 0 Å². The number of hydrogen-bond acceptors (Lipinski definition) is 2. The third kappa shape index (κ3) is 4.84. The molecule has 31 heavy (non-hydrogen) atoms. The Balaban J connectivity index is 1.30. The maximum atomic E-state index is 13.0. The molecule has 6 nitrogen and oxygen atoms in total. The summed E-state index contributed by atoms with van der Waals surface area (Å²) in [4.78, 5) is 31.5. The van der Waals surface area contributed by atoms with Gasteiger partial charge in [0.15, 0.2) is 0 Å². The molecule has 0 unspecified atom stereocenters. The normalized spacial score (nSPS) is 17.4. The lowest BCUT2D eigenvalue weighted by atomic mass is 10.0. The molecule has 2 aromatic rings. The molecule has 2 aromatic carbocycles. The molecule has 2 fully saturated rings. The predicted molar refractivity (Wildman–Crippen MR) is 123 cm³/mol. The molecule has 4 amide bonds. The average Bonchev–Trinajstić information content (AvgIpc) is 3.11. The number of carbonyl (C=O) groups is 2. The summed E-state index contributed by atoms with van der Waals surface area (Å²) in [6.07, 6.45) is 1.65. The topological polar surface area (TPSA) is 55.9 Å². The van der Waals surface area contributed by atoms with Crippen LogP contribution < -0.4 is 5.32 Å². The number of carbonyl (C=O) groups excluding carboxylic acids is 2. The van der Waals surface area contributed by atoms with E-state index in [2.05, 4.69) is 30.4 Å². The van der Waals surface area contributed by atoms with Gasteiger partial charge < -0.3 is 20.0 Å². The maximum Gasteiger partial charge on any atom is 0.321 e. The van der Waals surface area contributed by atoms with E-state index in [0.717, 1.165) is 42.7 Å². The van der Waals surface area contributed by atoms with Gasteiger partial charge >= 0.3 is 12.1 Å². The van der Waals surface area contributed by atoms with Crippen molar-refractivity contribution in [2.45, 2.75) is 46.2 Å². The molecule has 0 aromatic heterocycles. The number of amides is 4. The first-order valence-electron chi connectivity index (χ1n) is 11.1. The molecule has 6 heteroatoms. The van der Waals surface area contributed by atoms with Crippen LogP contribution in [0.5, 0.6) is 0 Å². The zero-order chi connectivity index (χ0) is 22.0. The second-order valence-corrected chi connectivity index (χ2v) is 8.85. The summed E-state index contributed by atoms with van der Waals surface area (Å²) in [5.41, 5.74) is 5.45.